The van der Waals surface area contributed by atoms with Crippen LogP contribution in [0.2, 0.25) is 0 Å². The standard InChI is InChI=1S/C13H13NO3/c1-14-11-7-8(16-2)3-4-9(11)12(15)10-5-6-17-13(10)14/h3-4,7H,5-6H2,1-2H3. The lowest BCUT2D eigenvalue weighted by Gasteiger charge is -2.11. The normalized spacial score (nSPS) is 13.5. The van der Waals surface area contributed by atoms with Crippen molar-refractivity contribution in [3.63, 3.8) is 0 Å². The first-order chi connectivity index (χ1) is 8.22. The van der Waals surface area contributed by atoms with Gasteiger partial charge in [-0.2, -0.15) is 0 Å². The van der Waals surface area contributed by atoms with Gasteiger partial charge in [0.1, 0.15) is 5.75 Å². The quantitative estimate of drug-likeness (QED) is 0.746. The number of methoxy groups -OCH3 is 1. The Kier molecular flexibility index (Phi) is 2.11. The molecule has 0 unspecified atom stereocenters. The second-order valence-electron chi connectivity index (χ2n) is 4.15. The molecule has 0 bridgehead atoms. The van der Waals surface area contributed by atoms with E-state index in [-0.39, 0.29) is 5.43 Å². The second kappa shape index (κ2) is 3.52. The van der Waals surface area contributed by atoms with Gasteiger partial charge >= 0.3 is 0 Å². The van der Waals surface area contributed by atoms with Gasteiger partial charge in [-0.1, -0.05) is 0 Å². The monoisotopic (exact) mass is 231 g/mol. The second-order valence-corrected chi connectivity index (χ2v) is 4.15. The Morgan fingerprint density at radius 2 is 2.24 bits per heavy atom. The lowest BCUT2D eigenvalue weighted by atomic mass is 10.1. The van der Waals surface area contributed by atoms with Crippen molar-refractivity contribution in [3.05, 3.63) is 34.0 Å². The molecule has 0 saturated heterocycles. The number of benzene rings is 1. The molecule has 2 aromatic rings. The number of hydrogen-bond acceptors (Lipinski definition) is 3. The van der Waals surface area contributed by atoms with Crippen molar-refractivity contribution < 1.29 is 9.47 Å². The zero-order valence-electron chi connectivity index (χ0n) is 9.82. The summed E-state index contributed by atoms with van der Waals surface area (Å²) in [4.78, 5) is 12.2. The summed E-state index contributed by atoms with van der Waals surface area (Å²) in [5.41, 5.74) is 1.70. The Morgan fingerprint density at radius 3 is 3.00 bits per heavy atom. The van der Waals surface area contributed by atoms with Crippen LogP contribution < -0.4 is 14.9 Å². The molecule has 0 N–H and O–H groups in total. The van der Waals surface area contributed by atoms with Crippen molar-refractivity contribution in [2.45, 2.75) is 6.42 Å². The number of aromatic nitrogens is 1. The fourth-order valence-electron chi connectivity index (χ4n) is 2.33. The van der Waals surface area contributed by atoms with E-state index in [2.05, 4.69) is 0 Å². The molecule has 0 fully saturated rings. The molecule has 3 rings (SSSR count). The van der Waals surface area contributed by atoms with Gasteiger partial charge < -0.3 is 14.0 Å². The third-order valence-corrected chi connectivity index (χ3v) is 3.24. The zero-order valence-corrected chi connectivity index (χ0v) is 9.82. The molecule has 1 aliphatic heterocycles. The largest absolute Gasteiger partial charge is 0.497 e. The van der Waals surface area contributed by atoms with E-state index in [1.165, 1.54) is 0 Å². The highest BCUT2D eigenvalue weighted by Crippen LogP contribution is 2.27. The highest BCUT2D eigenvalue weighted by Gasteiger charge is 2.21. The van der Waals surface area contributed by atoms with E-state index >= 15 is 0 Å². The van der Waals surface area contributed by atoms with E-state index in [9.17, 15) is 4.79 Å². The van der Waals surface area contributed by atoms with Crippen LogP contribution in [-0.2, 0) is 13.5 Å². The molecule has 88 valence electrons. The van der Waals surface area contributed by atoms with Crippen LogP contribution in [0.4, 0.5) is 0 Å². The smallest absolute Gasteiger partial charge is 0.201 e. The first-order valence-electron chi connectivity index (χ1n) is 5.55. The van der Waals surface area contributed by atoms with Gasteiger partial charge in [0.2, 0.25) is 5.88 Å². The minimum Gasteiger partial charge on any atom is -0.497 e. The molecule has 0 amide bonds. The average Bonchev–Trinajstić information content (AvgIpc) is 2.85. The summed E-state index contributed by atoms with van der Waals surface area (Å²) in [6.45, 7) is 0.589. The van der Waals surface area contributed by atoms with E-state index in [0.29, 0.717) is 18.9 Å². The minimum atomic E-state index is 0.0771. The molecule has 1 aliphatic rings. The Balaban J connectivity index is 2.45. The number of fused-ring (bicyclic) bond motifs is 2. The number of rotatable bonds is 1. The number of pyridine rings is 1. The van der Waals surface area contributed by atoms with Crippen LogP contribution in [0.5, 0.6) is 11.6 Å². The van der Waals surface area contributed by atoms with Crippen molar-refractivity contribution in [2.24, 2.45) is 7.05 Å². The summed E-state index contributed by atoms with van der Waals surface area (Å²) in [6, 6.07) is 5.49. The summed E-state index contributed by atoms with van der Waals surface area (Å²) in [5, 5.41) is 0.720. The van der Waals surface area contributed by atoms with Crippen molar-refractivity contribution in [2.75, 3.05) is 13.7 Å². The summed E-state index contributed by atoms with van der Waals surface area (Å²) in [6.07, 6.45) is 0.698. The molecule has 2 heterocycles. The molecule has 0 atom stereocenters. The first-order valence-corrected chi connectivity index (χ1v) is 5.55. The number of hydrogen-bond donors (Lipinski definition) is 0. The van der Waals surface area contributed by atoms with E-state index in [1.807, 2.05) is 29.8 Å². The van der Waals surface area contributed by atoms with Gasteiger partial charge in [-0.3, -0.25) is 4.79 Å². The molecule has 1 aromatic heterocycles. The van der Waals surface area contributed by atoms with Crippen LogP contribution in [0.15, 0.2) is 23.0 Å². The Hall–Kier alpha value is -1.97. The van der Waals surface area contributed by atoms with Crippen LogP contribution in [0.25, 0.3) is 10.9 Å². The van der Waals surface area contributed by atoms with Crippen molar-refractivity contribution in [1.29, 1.82) is 0 Å². The Morgan fingerprint density at radius 1 is 1.41 bits per heavy atom. The zero-order chi connectivity index (χ0) is 12.0. The van der Waals surface area contributed by atoms with Gasteiger partial charge in [0, 0.05) is 24.9 Å². The molecule has 4 nitrogen and oxygen atoms in total. The van der Waals surface area contributed by atoms with Crippen LogP contribution >= 0.6 is 0 Å². The molecule has 0 aliphatic carbocycles. The predicted molar refractivity (Wildman–Crippen MR) is 64.9 cm³/mol. The molecule has 17 heavy (non-hydrogen) atoms. The van der Waals surface area contributed by atoms with Crippen LogP contribution in [0.3, 0.4) is 0 Å². The van der Waals surface area contributed by atoms with Crippen LogP contribution in [-0.4, -0.2) is 18.3 Å². The fourth-order valence-corrected chi connectivity index (χ4v) is 2.33. The number of aryl methyl sites for hydroxylation is 1. The molecule has 0 spiro atoms. The lowest BCUT2D eigenvalue weighted by Crippen LogP contribution is -2.12. The van der Waals surface area contributed by atoms with Crippen molar-refractivity contribution in [1.82, 2.24) is 4.57 Å². The van der Waals surface area contributed by atoms with E-state index in [0.717, 1.165) is 22.2 Å². The van der Waals surface area contributed by atoms with Crippen molar-refractivity contribution in [3.8, 4) is 11.6 Å². The SMILES string of the molecule is COc1ccc2c(=O)c3c(n(C)c2c1)OCC3. The van der Waals surface area contributed by atoms with E-state index < -0.39 is 0 Å². The van der Waals surface area contributed by atoms with Gasteiger partial charge in [0.05, 0.1) is 24.8 Å². The molecular weight excluding hydrogens is 218 g/mol. The van der Waals surface area contributed by atoms with Gasteiger partial charge in [-0.15, -0.1) is 0 Å². The maximum absolute atomic E-state index is 12.2. The maximum atomic E-state index is 12.2. The van der Waals surface area contributed by atoms with E-state index in [1.54, 1.807) is 7.11 Å². The third-order valence-electron chi connectivity index (χ3n) is 3.24. The molecule has 4 heteroatoms. The summed E-state index contributed by atoms with van der Waals surface area (Å²) < 4.78 is 12.6. The third kappa shape index (κ3) is 1.33. The van der Waals surface area contributed by atoms with Crippen LogP contribution in [0.1, 0.15) is 5.56 Å². The van der Waals surface area contributed by atoms with Gasteiger partial charge in [-0.05, 0) is 12.1 Å². The highest BCUT2D eigenvalue weighted by atomic mass is 16.5. The summed E-state index contributed by atoms with van der Waals surface area (Å²) in [5.74, 6) is 1.43. The Bertz CT molecular complexity index is 658. The molecule has 0 saturated carbocycles. The minimum absolute atomic E-state index is 0.0771. The van der Waals surface area contributed by atoms with Gasteiger partial charge in [0.25, 0.3) is 0 Å². The molecule has 1 aromatic carbocycles. The predicted octanol–water partition coefficient (Wildman–Crippen LogP) is 1.48. The molecule has 0 radical (unpaired) electrons. The van der Waals surface area contributed by atoms with E-state index in [4.69, 9.17) is 9.47 Å². The summed E-state index contributed by atoms with van der Waals surface area (Å²) in [7, 11) is 3.52. The average molecular weight is 231 g/mol. The highest BCUT2D eigenvalue weighted by molar-refractivity contribution is 5.82. The van der Waals surface area contributed by atoms with Crippen molar-refractivity contribution >= 4 is 10.9 Å². The van der Waals surface area contributed by atoms with Gasteiger partial charge in [0.15, 0.2) is 5.43 Å². The van der Waals surface area contributed by atoms with Gasteiger partial charge in [-0.25, -0.2) is 0 Å². The topological polar surface area (TPSA) is 40.5 Å². The first kappa shape index (κ1) is 10.2. The number of ether oxygens (including phenoxy) is 2. The number of nitrogens with zero attached hydrogens (tertiary/aromatic N) is 1. The summed E-state index contributed by atoms with van der Waals surface area (Å²) >= 11 is 0. The Labute approximate surface area is 98.4 Å². The van der Waals surface area contributed by atoms with Crippen LogP contribution in [0, 0.1) is 0 Å². The fraction of sp³-hybridized carbons (Fsp3) is 0.308. The maximum Gasteiger partial charge on any atom is 0.201 e. The molecular formula is C13H13NO3. The lowest BCUT2D eigenvalue weighted by molar-refractivity contribution is 0.333.